The third-order valence-electron chi connectivity index (χ3n) is 3.40. The van der Waals surface area contributed by atoms with E-state index in [4.69, 9.17) is 0 Å². The van der Waals surface area contributed by atoms with Crippen LogP contribution in [0.25, 0.3) is 0 Å². The summed E-state index contributed by atoms with van der Waals surface area (Å²) in [4.78, 5) is 11.9. The van der Waals surface area contributed by atoms with Crippen molar-refractivity contribution >= 4 is 5.91 Å². The van der Waals surface area contributed by atoms with Gasteiger partial charge in [-0.15, -0.1) is 0 Å². The number of amides is 1. The number of nitrogens with one attached hydrogen (secondary N) is 1. The van der Waals surface area contributed by atoms with E-state index in [1.54, 1.807) is 0 Å². The van der Waals surface area contributed by atoms with Gasteiger partial charge in [0, 0.05) is 18.2 Å². The van der Waals surface area contributed by atoms with Crippen molar-refractivity contribution in [2.75, 3.05) is 6.54 Å². The molecule has 0 saturated heterocycles. The van der Waals surface area contributed by atoms with Crippen LogP contribution in [0.4, 0.5) is 0 Å². The van der Waals surface area contributed by atoms with Crippen LogP contribution in [0.3, 0.4) is 0 Å². The van der Waals surface area contributed by atoms with E-state index in [1.165, 1.54) is 23.8 Å². The fraction of sp³-hybridized carbons (Fsp3) is 0.235. The first-order valence-corrected chi connectivity index (χ1v) is 6.92. The lowest BCUT2D eigenvalue weighted by molar-refractivity contribution is 0.0952. The Morgan fingerprint density at radius 2 is 1.71 bits per heavy atom. The lowest BCUT2D eigenvalue weighted by Gasteiger charge is -2.12. The fourth-order valence-electron chi connectivity index (χ4n) is 2.18. The third kappa shape index (κ3) is 4.24. The Hall–Kier alpha value is -2.49. The molecule has 0 aliphatic rings. The lowest BCUT2D eigenvalue weighted by Crippen LogP contribution is -2.25. The van der Waals surface area contributed by atoms with Gasteiger partial charge in [0.2, 0.25) is 0 Å². The Bertz CT molecular complexity index is 590. The number of aromatic hydroxyl groups is 2. The first kappa shape index (κ1) is 14.9. The summed E-state index contributed by atoms with van der Waals surface area (Å²) in [6.45, 7) is 2.65. The molecule has 0 fully saturated rings. The van der Waals surface area contributed by atoms with Gasteiger partial charge in [0.1, 0.15) is 11.5 Å². The summed E-state index contributed by atoms with van der Waals surface area (Å²) in [5.74, 6) is -0.207. The lowest BCUT2D eigenvalue weighted by atomic mass is 9.98. The molecule has 0 aliphatic carbocycles. The summed E-state index contributed by atoms with van der Waals surface area (Å²) < 4.78 is 0. The number of benzene rings is 2. The molecule has 3 N–H and O–H groups in total. The number of phenolic OH excluding ortho intramolecular Hbond substituents is 2. The highest BCUT2D eigenvalue weighted by Crippen LogP contribution is 2.21. The number of rotatable bonds is 5. The maximum Gasteiger partial charge on any atom is 0.251 e. The Labute approximate surface area is 124 Å². The predicted molar refractivity (Wildman–Crippen MR) is 81.6 cm³/mol. The summed E-state index contributed by atoms with van der Waals surface area (Å²) in [5.41, 5.74) is 1.49. The van der Waals surface area contributed by atoms with Crippen LogP contribution in [0.2, 0.25) is 0 Å². The van der Waals surface area contributed by atoms with Gasteiger partial charge in [-0.3, -0.25) is 4.79 Å². The van der Waals surface area contributed by atoms with Crippen molar-refractivity contribution in [3.63, 3.8) is 0 Å². The smallest absolute Gasteiger partial charge is 0.251 e. The maximum absolute atomic E-state index is 11.9. The molecule has 0 aromatic heterocycles. The summed E-state index contributed by atoms with van der Waals surface area (Å²) in [7, 11) is 0. The van der Waals surface area contributed by atoms with Crippen LogP contribution in [-0.2, 0) is 0 Å². The van der Waals surface area contributed by atoms with E-state index in [-0.39, 0.29) is 23.0 Å². The largest absolute Gasteiger partial charge is 0.508 e. The molecule has 2 aromatic rings. The molecule has 0 aliphatic heterocycles. The summed E-state index contributed by atoms with van der Waals surface area (Å²) >= 11 is 0. The Morgan fingerprint density at radius 1 is 1.10 bits per heavy atom. The van der Waals surface area contributed by atoms with Crippen LogP contribution < -0.4 is 5.32 Å². The van der Waals surface area contributed by atoms with Crippen molar-refractivity contribution in [3.8, 4) is 11.5 Å². The van der Waals surface area contributed by atoms with E-state index in [2.05, 4.69) is 24.4 Å². The van der Waals surface area contributed by atoms with Crippen LogP contribution in [0.5, 0.6) is 11.5 Å². The fourth-order valence-corrected chi connectivity index (χ4v) is 2.18. The molecule has 0 heterocycles. The minimum Gasteiger partial charge on any atom is -0.508 e. The first-order chi connectivity index (χ1) is 10.1. The molecule has 4 nitrogen and oxygen atoms in total. The minimum atomic E-state index is -0.304. The minimum absolute atomic E-state index is 0.127. The average molecular weight is 285 g/mol. The second-order valence-corrected chi connectivity index (χ2v) is 5.09. The van der Waals surface area contributed by atoms with Crippen molar-refractivity contribution in [2.45, 2.75) is 19.3 Å². The monoisotopic (exact) mass is 285 g/mol. The molecular weight excluding hydrogens is 266 g/mol. The molecule has 4 heteroatoms. The van der Waals surface area contributed by atoms with Gasteiger partial charge in [-0.05, 0) is 30.0 Å². The standard InChI is InChI=1S/C17H19NO3/c1-12(13-5-3-2-4-6-13)7-8-18-17(21)14-9-15(19)11-16(20)10-14/h2-6,9-12,19-20H,7-8H2,1H3,(H,18,21). The molecule has 0 bridgehead atoms. The number of carbonyl (C=O) groups excluding carboxylic acids is 1. The van der Waals surface area contributed by atoms with Crippen molar-refractivity contribution in [1.29, 1.82) is 0 Å². The van der Waals surface area contributed by atoms with Crippen LogP contribution >= 0.6 is 0 Å². The molecule has 2 aromatic carbocycles. The SMILES string of the molecule is CC(CCNC(=O)c1cc(O)cc(O)c1)c1ccccc1. The molecule has 2 rings (SSSR count). The van der Waals surface area contributed by atoms with Crippen molar-refractivity contribution in [1.82, 2.24) is 5.32 Å². The highest BCUT2D eigenvalue weighted by Gasteiger charge is 2.09. The van der Waals surface area contributed by atoms with Gasteiger partial charge in [-0.2, -0.15) is 0 Å². The number of phenols is 2. The maximum atomic E-state index is 11.9. The van der Waals surface area contributed by atoms with E-state index in [0.717, 1.165) is 6.42 Å². The zero-order valence-corrected chi connectivity index (χ0v) is 11.9. The van der Waals surface area contributed by atoms with Gasteiger partial charge in [-0.1, -0.05) is 37.3 Å². The number of carbonyl (C=O) groups is 1. The molecule has 0 saturated carbocycles. The van der Waals surface area contributed by atoms with E-state index in [1.807, 2.05) is 18.2 Å². The first-order valence-electron chi connectivity index (χ1n) is 6.92. The van der Waals surface area contributed by atoms with E-state index >= 15 is 0 Å². The van der Waals surface area contributed by atoms with Crippen molar-refractivity contribution in [3.05, 3.63) is 59.7 Å². The molecule has 1 atom stereocenters. The van der Waals surface area contributed by atoms with Crippen molar-refractivity contribution in [2.24, 2.45) is 0 Å². The van der Waals surface area contributed by atoms with Crippen LogP contribution in [-0.4, -0.2) is 22.7 Å². The number of hydrogen-bond donors (Lipinski definition) is 3. The Morgan fingerprint density at radius 3 is 2.33 bits per heavy atom. The van der Waals surface area contributed by atoms with Crippen LogP contribution in [0.15, 0.2) is 48.5 Å². The van der Waals surface area contributed by atoms with Crippen molar-refractivity contribution < 1.29 is 15.0 Å². The summed E-state index contributed by atoms with van der Waals surface area (Å²) in [6.07, 6.45) is 0.820. The molecular formula is C17H19NO3. The molecule has 0 spiro atoms. The quantitative estimate of drug-likeness (QED) is 0.791. The molecule has 1 unspecified atom stereocenters. The zero-order chi connectivity index (χ0) is 15.2. The molecule has 0 radical (unpaired) electrons. The molecule has 1 amide bonds. The highest BCUT2D eigenvalue weighted by molar-refractivity contribution is 5.95. The second-order valence-electron chi connectivity index (χ2n) is 5.09. The van der Waals surface area contributed by atoms with Gasteiger partial charge in [-0.25, -0.2) is 0 Å². The van der Waals surface area contributed by atoms with Gasteiger partial charge in [0.25, 0.3) is 5.91 Å². The molecule has 21 heavy (non-hydrogen) atoms. The predicted octanol–water partition coefficient (Wildman–Crippen LogP) is 3.02. The number of hydrogen-bond acceptors (Lipinski definition) is 3. The Balaban J connectivity index is 1.87. The van der Waals surface area contributed by atoms with Gasteiger partial charge < -0.3 is 15.5 Å². The van der Waals surface area contributed by atoms with E-state index in [9.17, 15) is 15.0 Å². The van der Waals surface area contributed by atoms with Gasteiger partial charge >= 0.3 is 0 Å². The third-order valence-corrected chi connectivity index (χ3v) is 3.40. The summed E-state index contributed by atoms with van der Waals surface area (Å²) in [6, 6.07) is 14.0. The van der Waals surface area contributed by atoms with E-state index in [0.29, 0.717) is 12.5 Å². The highest BCUT2D eigenvalue weighted by atomic mass is 16.3. The van der Waals surface area contributed by atoms with Crippen LogP contribution in [0.1, 0.15) is 35.2 Å². The summed E-state index contributed by atoms with van der Waals surface area (Å²) in [5, 5.41) is 21.5. The van der Waals surface area contributed by atoms with Gasteiger partial charge in [0.15, 0.2) is 0 Å². The normalized spacial score (nSPS) is 11.9. The second kappa shape index (κ2) is 6.79. The molecule has 110 valence electrons. The topological polar surface area (TPSA) is 69.6 Å². The van der Waals surface area contributed by atoms with E-state index < -0.39 is 0 Å². The zero-order valence-electron chi connectivity index (χ0n) is 11.9. The van der Waals surface area contributed by atoms with Gasteiger partial charge in [0.05, 0.1) is 0 Å². The Kier molecular flexibility index (Phi) is 4.82. The van der Waals surface area contributed by atoms with Crippen LogP contribution in [0, 0.1) is 0 Å². The average Bonchev–Trinajstić information content (AvgIpc) is 2.47.